The number of carbonyl (C=O) groups excluding carboxylic acids is 1. The zero-order chi connectivity index (χ0) is 16.3. The molecule has 1 aliphatic carbocycles. The number of halogens is 2. The van der Waals surface area contributed by atoms with E-state index < -0.39 is 11.8 Å². The second-order valence-electron chi connectivity index (χ2n) is 6.66. The second kappa shape index (κ2) is 6.84. The third-order valence-electron chi connectivity index (χ3n) is 5.15. The van der Waals surface area contributed by atoms with E-state index in [2.05, 4.69) is 15.3 Å². The molecule has 3 rings (SSSR count). The lowest BCUT2D eigenvalue weighted by Gasteiger charge is -2.34. The highest BCUT2D eigenvalue weighted by atomic mass is 19.3. The molecule has 1 atom stereocenters. The minimum Gasteiger partial charge on any atom is -0.348 e. The molecule has 1 aromatic heterocycles. The SMILES string of the molecule is O=C(NCC1CCCCC1(F)F)N1CCC(c2cnc[nH]2)CC1. The van der Waals surface area contributed by atoms with E-state index in [1.165, 1.54) is 0 Å². The van der Waals surface area contributed by atoms with Crippen LogP contribution in [0.25, 0.3) is 0 Å². The quantitative estimate of drug-likeness (QED) is 0.896. The van der Waals surface area contributed by atoms with Crippen LogP contribution in [0.15, 0.2) is 12.5 Å². The molecule has 23 heavy (non-hydrogen) atoms. The summed E-state index contributed by atoms with van der Waals surface area (Å²) in [5.74, 6) is -2.97. The van der Waals surface area contributed by atoms with E-state index in [0.29, 0.717) is 31.8 Å². The number of imidazole rings is 1. The highest BCUT2D eigenvalue weighted by Gasteiger charge is 2.41. The van der Waals surface area contributed by atoms with Crippen molar-refractivity contribution in [2.75, 3.05) is 19.6 Å². The predicted molar refractivity (Wildman–Crippen MR) is 82.4 cm³/mol. The summed E-state index contributed by atoms with van der Waals surface area (Å²) in [5.41, 5.74) is 1.10. The van der Waals surface area contributed by atoms with Gasteiger partial charge >= 0.3 is 6.03 Å². The molecule has 2 fully saturated rings. The number of urea groups is 1. The van der Waals surface area contributed by atoms with Gasteiger partial charge < -0.3 is 15.2 Å². The number of nitrogens with one attached hydrogen (secondary N) is 2. The average Bonchev–Trinajstić information content (AvgIpc) is 3.08. The molecule has 1 saturated carbocycles. The fourth-order valence-corrected chi connectivity index (χ4v) is 3.62. The Kier molecular flexibility index (Phi) is 4.82. The Morgan fingerprint density at radius 1 is 1.35 bits per heavy atom. The van der Waals surface area contributed by atoms with Gasteiger partial charge in [-0.2, -0.15) is 0 Å². The number of aromatic nitrogens is 2. The molecule has 0 radical (unpaired) electrons. The first-order chi connectivity index (χ1) is 11.1. The first kappa shape index (κ1) is 16.2. The number of amides is 2. The summed E-state index contributed by atoms with van der Waals surface area (Å²) in [7, 11) is 0. The molecular weight excluding hydrogens is 302 g/mol. The van der Waals surface area contributed by atoms with E-state index in [4.69, 9.17) is 0 Å². The molecule has 2 aliphatic rings. The Morgan fingerprint density at radius 2 is 2.13 bits per heavy atom. The maximum Gasteiger partial charge on any atom is 0.317 e. The largest absolute Gasteiger partial charge is 0.348 e. The topological polar surface area (TPSA) is 61.0 Å². The molecular formula is C16H24F2N4O. The summed E-state index contributed by atoms with van der Waals surface area (Å²) in [6.07, 6.45) is 7.08. The van der Waals surface area contributed by atoms with Crippen molar-refractivity contribution in [3.8, 4) is 0 Å². The van der Waals surface area contributed by atoms with Crippen molar-refractivity contribution in [1.82, 2.24) is 20.2 Å². The van der Waals surface area contributed by atoms with E-state index >= 15 is 0 Å². The van der Waals surface area contributed by atoms with Crippen LogP contribution in [-0.2, 0) is 0 Å². The Labute approximate surface area is 134 Å². The molecule has 2 amide bonds. The number of H-pyrrole nitrogens is 1. The highest BCUT2D eigenvalue weighted by Crippen LogP contribution is 2.38. The van der Waals surface area contributed by atoms with Gasteiger partial charge in [-0.1, -0.05) is 6.42 Å². The van der Waals surface area contributed by atoms with Crippen LogP contribution in [0.3, 0.4) is 0 Å². The minimum atomic E-state index is -2.64. The van der Waals surface area contributed by atoms with E-state index in [9.17, 15) is 13.6 Å². The molecule has 0 aromatic carbocycles. The van der Waals surface area contributed by atoms with Gasteiger partial charge in [0.1, 0.15) is 0 Å². The summed E-state index contributed by atoms with van der Waals surface area (Å²) in [6, 6.07) is -0.213. The molecule has 0 spiro atoms. The number of alkyl halides is 2. The van der Waals surface area contributed by atoms with E-state index in [0.717, 1.165) is 25.0 Å². The second-order valence-corrected chi connectivity index (χ2v) is 6.66. The summed E-state index contributed by atoms with van der Waals surface area (Å²) in [6.45, 7) is 1.37. The van der Waals surface area contributed by atoms with Gasteiger partial charge in [-0.3, -0.25) is 0 Å². The Balaban J connectivity index is 1.44. The van der Waals surface area contributed by atoms with Crippen LogP contribution in [0.2, 0.25) is 0 Å². The minimum absolute atomic E-state index is 0.0525. The maximum absolute atomic E-state index is 13.8. The zero-order valence-corrected chi connectivity index (χ0v) is 13.2. The van der Waals surface area contributed by atoms with Crippen molar-refractivity contribution in [2.45, 2.75) is 50.4 Å². The van der Waals surface area contributed by atoms with Crippen LogP contribution >= 0.6 is 0 Å². The Hall–Kier alpha value is -1.66. The maximum atomic E-state index is 13.8. The van der Waals surface area contributed by atoms with Crippen molar-refractivity contribution in [3.05, 3.63) is 18.2 Å². The van der Waals surface area contributed by atoms with Gasteiger partial charge in [-0.05, 0) is 25.7 Å². The number of hydrogen-bond acceptors (Lipinski definition) is 2. The third-order valence-corrected chi connectivity index (χ3v) is 5.15. The van der Waals surface area contributed by atoms with Crippen molar-refractivity contribution < 1.29 is 13.6 Å². The number of likely N-dealkylation sites (tertiary alicyclic amines) is 1. The number of rotatable bonds is 3. The number of carbonyl (C=O) groups is 1. The van der Waals surface area contributed by atoms with Crippen LogP contribution in [0.1, 0.15) is 50.1 Å². The molecule has 128 valence electrons. The normalized spacial score (nSPS) is 25.3. The molecule has 1 aliphatic heterocycles. The highest BCUT2D eigenvalue weighted by molar-refractivity contribution is 5.74. The van der Waals surface area contributed by atoms with Gasteiger partial charge in [0.2, 0.25) is 0 Å². The summed E-state index contributed by atoms with van der Waals surface area (Å²) in [4.78, 5) is 21.1. The van der Waals surface area contributed by atoms with Crippen LogP contribution in [0.5, 0.6) is 0 Å². The molecule has 1 unspecified atom stereocenters. The van der Waals surface area contributed by atoms with E-state index in [-0.39, 0.29) is 19.0 Å². The predicted octanol–water partition coefficient (Wildman–Crippen LogP) is 3.12. The van der Waals surface area contributed by atoms with Crippen LogP contribution in [-0.4, -0.2) is 46.5 Å². The van der Waals surface area contributed by atoms with Crippen LogP contribution < -0.4 is 5.32 Å². The Bertz CT molecular complexity index is 512. The molecule has 2 N–H and O–H groups in total. The van der Waals surface area contributed by atoms with E-state index in [1.54, 1.807) is 11.2 Å². The summed E-state index contributed by atoms with van der Waals surface area (Å²) in [5, 5.41) is 2.71. The van der Waals surface area contributed by atoms with Gasteiger partial charge in [-0.25, -0.2) is 18.6 Å². The van der Waals surface area contributed by atoms with Crippen molar-refractivity contribution in [2.24, 2.45) is 5.92 Å². The lowest BCUT2D eigenvalue weighted by atomic mass is 9.85. The molecule has 5 nitrogen and oxygen atoms in total. The first-order valence-corrected chi connectivity index (χ1v) is 8.45. The number of aromatic amines is 1. The fraction of sp³-hybridized carbons (Fsp3) is 0.750. The Morgan fingerprint density at radius 3 is 2.78 bits per heavy atom. The standard InChI is InChI=1S/C16H24F2N4O/c17-16(18)6-2-1-3-13(16)9-20-15(23)22-7-4-12(5-8-22)14-10-19-11-21-14/h10-13H,1-9H2,(H,19,21)(H,20,23). The molecule has 1 saturated heterocycles. The molecule has 2 heterocycles. The molecule has 7 heteroatoms. The number of nitrogens with zero attached hydrogens (tertiary/aromatic N) is 2. The van der Waals surface area contributed by atoms with Crippen LogP contribution in [0, 0.1) is 5.92 Å². The van der Waals surface area contributed by atoms with Crippen molar-refractivity contribution >= 4 is 6.03 Å². The van der Waals surface area contributed by atoms with Gasteiger partial charge in [0, 0.05) is 49.8 Å². The summed E-state index contributed by atoms with van der Waals surface area (Å²) < 4.78 is 27.6. The van der Waals surface area contributed by atoms with Crippen molar-refractivity contribution in [1.29, 1.82) is 0 Å². The number of piperidine rings is 1. The van der Waals surface area contributed by atoms with Crippen molar-refractivity contribution in [3.63, 3.8) is 0 Å². The van der Waals surface area contributed by atoms with Gasteiger partial charge in [-0.15, -0.1) is 0 Å². The first-order valence-electron chi connectivity index (χ1n) is 8.45. The molecule has 0 bridgehead atoms. The van der Waals surface area contributed by atoms with Crippen LogP contribution in [0.4, 0.5) is 13.6 Å². The van der Waals surface area contributed by atoms with E-state index in [1.807, 2.05) is 6.20 Å². The van der Waals surface area contributed by atoms with Gasteiger partial charge in [0.25, 0.3) is 5.92 Å². The third kappa shape index (κ3) is 3.82. The lowest BCUT2D eigenvalue weighted by Crippen LogP contribution is -2.48. The molecule has 1 aromatic rings. The lowest BCUT2D eigenvalue weighted by molar-refractivity contribution is -0.0835. The fourth-order valence-electron chi connectivity index (χ4n) is 3.62. The smallest absolute Gasteiger partial charge is 0.317 e. The monoisotopic (exact) mass is 326 g/mol. The summed E-state index contributed by atoms with van der Waals surface area (Å²) >= 11 is 0. The average molecular weight is 326 g/mol. The number of hydrogen-bond donors (Lipinski definition) is 2. The zero-order valence-electron chi connectivity index (χ0n) is 13.2. The van der Waals surface area contributed by atoms with Gasteiger partial charge in [0.05, 0.1) is 6.33 Å². The van der Waals surface area contributed by atoms with Gasteiger partial charge in [0.15, 0.2) is 0 Å².